The summed E-state index contributed by atoms with van der Waals surface area (Å²) in [7, 11) is 0. The molecule has 108 valence electrons. The number of benzene rings is 1. The molecule has 20 heavy (non-hydrogen) atoms. The summed E-state index contributed by atoms with van der Waals surface area (Å²) in [5.74, 6) is -0.684. The highest BCUT2D eigenvalue weighted by atomic mass is 32.1. The van der Waals surface area contributed by atoms with Gasteiger partial charge in [-0.2, -0.15) is 0 Å². The number of nitrogens with two attached hydrogens (primary N) is 1. The van der Waals surface area contributed by atoms with Gasteiger partial charge in [-0.05, 0) is 18.6 Å². The molecule has 0 radical (unpaired) electrons. The summed E-state index contributed by atoms with van der Waals surface area (Å²) < 4.78 is 5.44. The zero-order valence-corrected chi connectivity index (χ0v) is 11.7. The van der Waals surface area contributed by atoms with E-state index in [1.165, 1.54) is 0 Å². The Kier molecular flexibility index (Phi) is 7.05. The van der Waals surface area contributed by atoms with E-state index in [-0.39, 0.29) is 11.5 Å². The molecule has 0 aliphatic rings. The third-order valence-electron chi connectivity index (χ3n) is 2.25. The molecule has 2 amide bonds. The van der Waals surface area contributed by atoms with Crippen LogP contribution in [0, 0.1) is 0 Å². The maximum Gasteiger partial charge on any atom is 0.309 e. The fourth-order valence-corrected chi connectivity index (χ4v) is 1.38. The number of ether oxygens (including phenoxy) is 1. The van der Waals surface area contributed by atoms with Gasteiger partial charge in [-0.1, -0.05) is 30.4 Å². The maximum atomic E-state index is 11.3. The molecule has 7 heteroatoms. The van der Waals surface area contributed by atoms with Crippen molar-refractivity contribution < 1.29 is 14.3 Å². The van der Waals surface area contributed by atoms with Crippen molar-refractivity contribution in [3.63, 3.8) is 0 Å². The Bertz CT molecular complexity index is 465. The molecule has 0 bridgehead atoms. The predicted octanol–water partition coefficient (Wildman–Crippen LogP) is -0.0260. The van der Waals surface area contributed by atoms with Crippen molar-refractivity contribution in [1.82, 2.24) is 10.6 Å². The Labute approximate surface area is 122 Å². The highest BCUT2D eigenvalue weighted by Gasteiger charge is 2.11. The lowest BCUT2D eigenvalue weighted by molar-refractivity contribution is -0.139. The summed E-state index contributed by atoms with van der Waals surface area (Å²) in [5, 5.41) is 4.78. The Morgan fingerprint density at radius 1 is 1.15 bits per heavy atom. The van der Waals surface area contributed by atoms with E-state index in [0.717, 1.165) is 5.75 Å². The second-order valence-electron chi connectivity index (χ2n) is 3.92. The van der Waals surface area contributed by atoms with Crippen molar-refractivity contribution in [1.29, 1.82) is 0 Å². The van der Waals surface area contributed by atoms with E-state index in [1.54, 1.807) is 0 Å². The van der Waals surface area contributed by atoms with E-state index < -0.39 is 11.8 Å². The zero-order chi connectivity index (χ0) is 14.8. The van der Waals surface area contributed by atoms with E-state index in [4.69, 9.17) is 10.5 Å². The van der Waals surface area contributed by atoms with E-state index in [9.17, 15) is 9.59 Å². The number of rotatable bonds is 7. The first-order valence-electron chi connectivity index (χ1n) is 6.12. The van der Waals surface area contributed by atoms with Crippen LogP contribution < -0.4 is 21.1 Å². The monoisotopic (exact) mass is 295 g/mol. The average Bonchev–Trinajstić information content (AvgIpc) is 2.45. The van der Waals surface area contributed by atoms with Gasteiger partial charge in [-0.3, -0.25) is 9.59 Å². The van der Waals surface area contributed by atoms with Crippen molar-refractivity contribution in [2.45, 2.75) is 6.42 Å². The lowest BCUT2D eigenvalue weighted by atomic mass is 10.3. The minimum absolute atomic E-state index is 0.0126. The molecule has 0 atom stereocenters. The molecule has 0 spiro atoms. The molecule has 0 aliphatic carbocycles. The van der Waals surface area contributed by atoms with E-state index in [0.29, 0.717) is 19.6 Å². The number of nitrogens with one attached hydrogen (secondary N) is 2. The first kappa shape index (κ1) is 15.9. The second kappa shape index (κ2) is 8.87. The number of carbonyl (C=O) groups excluding carboxylic acids is 2. The molecule has 1 aromatic rings. The molecule has 0 aliphatic heterocycles. The fourth-order valence-electron chi connectivity index (χ4n) is 1.31. The summed E-state index contributed by atoms with van der Waals surface area (Å²) in [4.78, 5) is 22.7. The first-order valence-corrected chi connectivity index (χ1v) is 6.52. The van der Waals surface area contributed by atoms with Crippen molar-refractivity contribution in [2.24, 2.45) is 5.73 Å². The highest BCUT2D eigenvalue weighted by Crippen LogP contribution is 2.07. The molecule has 1 rings (SSSR count). The normalized spacial score (nSPS) is 9.60. The van der Waals surface area contributed by atoms with Crippen LogP contribution in [0.25, 0.3) is 0 Å². The standard InChI is InChI=1S/C13H17N3O3S/c14-11(20)9-16-13(18)12(17)15-7-4-8-19-10-5-2-1-3-6-10/h1-3,5-6H,4,7-9H2,(H2,14,20)(H,15,17)(H,16,18). The molecule has 1 aromatic carbocycles. The molecule has 0 fully saturated rings. The van der Waals surface area contributed by atoms with E-state index in [2.05, 4.69) is 22.9 Å². The second-order valence-corrected chi connectivity index (χ2v) is 4.44. The molecule has 0 saturated carbocycles. The Balaban J connectivity index is 2.10. The molecule has 0 saturated heterocycles. The number of hydrogen-bond acceptors (Lipinski definition) is 4. The lowest BCUT2D eigenvalue weighted by Gasteiger charge is -2.07. The molecular formula is C13H17N3O3S. The third-order valence-corrected chi connectivity index (χ3v) is 2.39. The van der Waals surface area contributed by atoms with Gasteiger partial charge in [0.05, 0.1) is 18.1 Å². The molecule has 0 unspecified atom stereocenters. The summed E-state index contributed by atoms with van der Waals surface area (Å²) in [6.07, 6.45) is 0.600. The Morgan fingerprint density at radius 2 is 1.80 bits per heavy atom. The van der Waals surface area contributed by atoms with Gasteiger partial charge in [0.2, 0.25) is 0 Å². The van der Waals surface area contributed by atoms with Crippen molar-refractivity contribution >= 4 is 29.0 Å². The van der Waals surface area contributed by atoms with Crippen LogP contribution in [0.4, 0.5) is 0 Å². The zero-order valence-electron chi connectivity index (χ0n) is 10.9. The van der Waals surface area contributed by atoms with Gasteiger partial charge in [-0.15, -0.1) is 0 Å². The van der Waals surface area contributed by atoms with Gasteiger partial charge < -0.3 is 21.1 Å². The molecule has 0 aromatic heterocycles. The van der Waals surface area contributed by atoms with Crippen molar-refractivity contribution in [3.8, 4) is 5.75 Å². The number of amides is 2. The van der Waals surface area contributed by atoms with Gasteiger partial charge in [0.25, 0.3) is 0 Å². The van der Waals surface area contributed by atoms with Crippen LogP contribution in [0.3, 0.4) is 0 Å². The fraction of sp³-hybridized carbons (Fsp3) is 0.308. The molecule has 6 nitrogen and oxygen atoms in total. The number of hydrogen-bond donors (Lipinski definition) is 3. The minimum Gasteiger partial charge on any atom is -0.494 e. The van der Waals surface area contributed by atoms with Gasteiger partial charge in [0.15, 0.2) is 0 Å². The van der Waals surface area contributed by atoms with Gasteiger partial charge in [0, 0.05) is 6.54 Å². The number of carbonyl (C=O) groups is 2. The SMILES string of the molecule is NC(=S)CNC(=O)C(=O)NCCCOc1ccccc1. The Morgan fingerprint density at radius 3 is 2.45 bits per heavy atom. The van der Waals surface area contributed by atoms with Crippen LogP contribution in [0.1, 0.15) is 6.42 Å². The Hall–Kier alpha value is -2.15. The average molecular weight is 295 g/mol. The largest absolute Gasteiger partial charge is 0.494 e. The molecular weight excluding hydrogens is 278 g/mol. The number of thiocarbonyl (C=S) groups is 1. The lowest BCUT2D eigenvalue weighted by Crippen LogP contribution is -2.43. The summed E-state index contributed by atoms with van der Waals surface area (Å²) in [5.41, 5.74) is 5.20. The molecule has 0 heterocycles. The van der Waals surface area contributed by atoms with Gasteiger partial charge in [0.1, 0.15) is 5.75 Å². The van der Waals surface area contributed by atoms with Crippen LogP contribution in [0.5, 0.6) is 5.75 Å². The predicted molar refractivity (Wildman–Crippen MR) is 79.4 cm³/mol. The van der Waals surface area contributed by atoms with Crippen LogP contribution in [0.2, 0.25) is 0 Å². The number of para-hydroxylation sites is 1. The van der Waals surface area contributed by atoms with Crippen LogP contribution in [0.15, 0.2) is 30.3 Å². The third kappa shape index (κ3) is 6.69. The van der Waals surface area contributed by atoms with Crippen molar-refractivity contribution in [3.05, 3.63) is 30.3 Å². The van der Waals surface area contributed by atoms with Crippen LogP contribution in [-0.2, 0) is 9.59 Å². The quantitative estimate of drug-likeness (QED) is 0.373. The first-order chi connectivity index (χ1) is 9.59. The van der Waals surface area contributed by atoms with E-state index >= 15 is 0 Å². The summed E-state index contributed by atoms with van der Waals surface area (Å²) in [6, 6.07) is 9.36. The van der Waals surface area contributed by atoms with E-state index in [1.807, 2.05) is 30.3 Å². The van der Waals surface area contributed by atoms with Crippen LogP contribution in [-0.4, -0.2) is 36.5 Å². The minimum atomic E-state index is -0.748. The topological polar surface area (TPSA) is 93.5 Å². The highest BCUT2D eigenvalue weighted by molar-refractivity contribution is 7.80. The van der Waals surface area contributed by atoms with Gasteiger partial charge >= 0.3 is 11.8 Å². The maximum absolute atomic E-state index is 11.3. The van der Waals surface area contributed by atoms with Crippen molar-refractivity contribution in [2.75, 3.05) is 19.7 Å². The summed E-state index contributed by atoms with van der Waals surface area (Å²) in [6.45, 7) is 0.823. The summed E-state index contributed by atoms with van der Waals surface area (Å²) >= 11 is 4.58. The van der Waals surface area contributed by atoms with Crippen LogP contribution >= 0.6 is 12.2 Å². The molecule has 4 N–H and O–H groups in total. The smallest absolute Gasteiger partial charge is 0.309 e. The van der Waals surface area contributed by atoms with Gasteiger partial charge in [-0.25, -0.2) is 0 Å².